The van der Waals surface area contributed by atoms with Crippen molar-refractivity contribution in [2.45, 2.75) is 6.54 Å². The van der Waals surface area contributed by atoms with Gasteiger partial charge in [-0.05, 0) is 18.2 Å². The standard InChI is InChI=1S/C11H11N3O/c15-10-5-2-1-4-9(10)8-12-11-6-3-7-13-14-11/h1-7,15H,8H2,(H,12,14). The number of hydrogen-bond acceptors (Lipinski definition) is 4. The van der Waals surface area contributed by atoms with Crippen molar-refractivity contribution in [3.63, 3.8) is 0 Å². The topological polar surface area (TPSA) is 58.0 Å². The van der Waals surface area contributed by atoms with Gasteiger partial charge < -0.3 is 10.4 Å². The van der Waals surface area contributed by atoms with Gasteiger partial charge in [0, 0.05) is 18.3 Å². The molecule has 0 aliphatic carbocycles. The Morgan fingerprint density at radius 3 is 2.73 bits per heavy atom. The first-order chi connectivity index (χ1) is 7.36. The molecule has 1 heterocycles. The molecule has 2 rings (SSSR count). The van der Waals surface area contributed by atoms with Crippen LogP contribution in [0.25, 0.3) is 0 Å². The fourth-order valence-corrected chi connectivity index (χ4v) is 1.24. The Labute approximate surface area is 87.6 Å². The number of nitrogens with zero attached hydrogens (tertiary/aromatic N) is 2. The Balaban J connectivity index is 2.03. The summed E-state index contributed by atoms with van der Waals surface area (Å²) in [5, 5.41) is 20.2. The highest BCUT2D eigenvalue weighted by Gasteiger charge is 1.99. The zero-order valence-corrected chi connectivity index (χ0v) is 8.09. The summed E-state index contributed by atoms with van der Waals surface area (Å²) in [6, 6.07) is 10.8. The predicted molar refractivity (Wildman–Crippen MR) is 57.5 cm³/mol. The first kappa shape index (κ1) is 9.45. The number of anilines is 1. The minimum atomic E-state index is 0.286. The van der Waals surface area contributed by atoms with Crippen LogP contribution in [0.1, 0.15) is 5.56 Å². The van der Waals surface area contributed by atoms with Crippen LogP contribution in [0.3, 0.4) is 0 Å². The molecule has 0 fully saturated rings. The van der Waals surface area contributed by atoms with Crippen LogP contribution in [0, 0.1) is 0 Å². The minimum absolute atomic E-state index is 0.286. The lowest BCUT2D eigenvalue weighted by Crippen LogP contribution is -2.01. The summed E-state index contributed by atoms with van der Waals surface area (Å²) in [5.74, 6) is 0.981. The van der Waals surface area contributed by atoms with Gasteiger partial charge in [-0.3, -0.25) is 0 Å². The van der Waals surface area contributed by atoms with Gasteiger partial charge in [0.2, 0.25) is 0 Å². The lowest BCUT2D eigenvalue weighted by atomic mass is 10.2. The molecule has 0 unspecified atom stereocenters. The van der Waals surface area contributed by atoms with E-state index in [-0.39, 0.29) is 5.75 Å². The monoisotopic (exact) mass is 201 g/mol. The molecule has 4 heteroatoms. The SMILES string of the molecule is Oc1ccccc1CNc1cccnn1. The van der Waals surface area contributed by atoms with Crippen molar-refractivity contribution >= 4 is 5.82 Å². The number of benzene rings is 1. The largest absolute Gasteiger partial charge is 0.508 e. The number of phenols is 1. The van der Waals surface area contributed by atoms with Crippen LogP contribution in [-0.4, -0.2) is 15.3 Å². The zero-order valence-electron chi connectivity index (χ0n) is 8.09. The molecule has 1 aromatic carbocycles. The molecule has 15 heavy (non-hydrogen) atoms. The number of hydrogen-bond donors (Lipinski definition) is 2. The van der Waals surface area contributed by atoms with Gasteiger partial charge in [-0.15, -0.1) is 5.10 Å². The molecule has 0 radical (unpaired) electrons. The lowest BCUT2D eigenvalue weighted by Gasteiger charge is -2.05. The van der Waals surface area contributed by atoms with E-state index in [0.29, 0.717) is 12.4 Å². The first-order valence-corrected chi connectivity index (χ1v) is 4.65. The van der Waals surface area contributed by atoms with Crippen molar-refractivity contribution < 1.29 is 5.11 Å². The zero-order chi connectivity index (χ0) is 10.5. The molecular weight excluding hydrogens is 190 g/mol. The van der Waals surface area contributed by atoms with Crippen LogP contribution >= 0.6 is 0 Å². The first-order valence-electron chi connectivity index (χ1n) is 4.65. The van der Waals surface area contributed by atoms with Crippen molar-refractivity contribution in [2.75, 3.05) is 5.32 Å². The average Bonchev–Trinajstić information content (AvgIpc) is 2.29. The van der Waals surface area contributed by atoms with Gasteiger partial charge in [0.25, 0.3) is 0 Å². The van der Waals surface area contributed by atoms with Crippen molar-refractivity contribution in [3.05, 3.63) is 48.2 Å². The summed E-state index contributed by atoms with van der Waals surface area (Å²) in [5.41, 5.74) is 0.836. The number of nitrogens with one attached hydrogen (secondary N) is 1. The quantitative estimate of drug-likeness (QED) is 0.794. The van der Waals surface area contributed by atoms with Gasteiger partial charge in [0.05, 0.1) is 0 Å². The van der Waals surface area contributed by atoms with Crippen molar-refractivity contribution in [3.8, 4) is 5.75 Å². The van der Waals surface area contributed by atoms with E-state index >= 15 is 0 Å². The minimum Gasteiger partial charge on any atom is -0.508 e. The molecule has 2 N–H and O–H groups in total. The maximum Gasteiger partial charge on any atom is 0.148 e. The average molecular weight is 201 g/mol. The van der Waals surface area contributed by atoms with Crippen LogP contribution in [-0.2, 0) is 6.54 Å². The van der Waals surface area contributed by atoms with Crippen LogP contribution in [0.2, 0.25) is 0 Å². The van der Waals surface area contributed by atoms with Gasteiger partial charge >= 0.3 is 0 Å². The van der Waals surface area contributed by atoms with E-state index in [0.717, 1.165) is 5.56 Å². The normalized spacial score (nSPS) is 9.87. The maximum atomic E-state index is 9.51. The Kier molecular flexibility index (Phi) is 2.78. The summed E-state index contributed by atoms with van der Waals surface area (Å²) >= 11 is 0. The predicted octanol–water partition coefficient (Wildman–Crippen LogP) is 1.79. The van der Waals surface area contributed by atoms with Crippen LogP contribution in [0.15, 0.2) is 42.6 Å². The molecule has 0 saturated heterocycles. The fourth-order valence-electron chi connectivity index (χ4n) is 1.24. The van der Waals surface area contributed by atoms with Gasteiger partial charge in [0.15, 0.2) is 0 Å². The Morgan fingerprint density at radius 2 is 2.00 bits per heavy atom. The van der Waals surface area contributed by atoms with Crippen molar-refractivity contribution in [1.29, 1.82) is 0 Å². The third-order valence-corrected chi connectivity index (χ3v) is 2.02. The van der Waals surface area contributed by atoms with Gasteiger partial charge in [-0.2, -0.15) is 5.10 Å². The van der Waals surface area contributed by atoms with Gasteiger partial charge in [-0.25, -0.2) is 0 Å². The maximum absolute atomic E-state index is 9.51. The smallest absolute Gasteiger partial charge is 0.148 e. The second kappa shape index (κ2) is 4.41. The molecule has 0 saturated carbocycles. The van der Waals surface area contributed by atoms with E-state index in [4.69, 9.17) is 0 Å². The summed E-state index contributed by atoms with van der Waals surface area (Å²) in [7, 11) is 0. The van der Waals surface area contributed by atoms with Crippen LogP contribution in [0.5, 0.6) is 5.75 Å². The highest BCUT2D eigenvalue weighted by atomic mass is 16.3. The van der Waals surface area contributed by atoms with Crippen molar-refractivity contribution in [2.24, 2.45) is 0 Å². The van der Waals surface area contributed by atoms with E-state index in [9.17, 15) is 5.11 Å². The molecule has 0 aliphatic rings. The van der Waals surface area contributed by atoms with Crippen LogP contribution < -0.4 is 5.32 Å². The number of aromatic hydroxyl groups is 1. The summed E-state index contributed by atoms with van der Waals surface area (Å²) in [6.45, 7) is 0.533. The molecule has 0 amide bonds. The highest BCUT2D eigenvalue weighted by molar-refractivity contribution is 5.38. The third-order valence-electron chi connectivity index (χ3n) is 2.02. The Bertz CT molecular complexity index is 431. The number of para-hydroxylation sites is 1. The molecular formula is C11H11N3O. The number of phenolic OH excluding ortho intramolecular Hbond substituents is 1. The summed E-state index contributed by atoms with van der Waals surface area (Å²) < 4.78 is 0. The molecule has 0 aliphatic heterocycles. The fraction of sp³-hybridized carbons (Fsp3) is 0.0909. The molecule has 4 nitrogen and oxygen atoms in total. The third kappa shape index (κ3) is 2.43. The van der Waals surface area contributed by atoms with Gasteiger partial charge in [0.1, 0.15) is 11.6 Å². The number of aromatic nitrogens is 2. The molecule has 0 atom stereocenters. The summed E-state index contributed by atoms with van der Waals surface area (Å²) in [6.07, 6.45) is 1.62. The van der Waals surface area contributed by atoms with Gasteiger partial charge in [-0.1, -0.05) is 18.2 Å². The van der Waals surface area contributed by atoms with E-state index in [1.807, 2.05) is 18.2 Å². The van der Waals surface area contributed by atoms with E-state index in [1.165, 1.54) is 0 Å². The lowest BCUT2D eigenvalue weighted by molar-refractivity contribution is 0.469. The second-order valence-corrected chi connectivity index (χ2v) is 3.09. The molecule has 0 spiro atoms. The molecule has 0 bridgehead atoms. The number of rotatable bonds is 3. The Hall–Kier alpha value is -2.10. The van der Waals surface area contributed by atoms with E-state index in [1.54, 1.807) is 24.4 Å². The summed E-state index contributed by atoms with van der Waals surface area (Å²) in [4.78, 5) is 0. The highest BCUT2D eigenvalue weighted by Crippen LogP contribution is 2.16. The van der Waals surface area contributed by atoms with Crippen molar-refractivity contribution in [1.82, 2.24) is 10.2 Å². The molecule has 76 valence electrons. The molecule has 2 aromatic rings. The van der Waals surface area contributed by atoms with E-state index < -0.39 is 0 Å². The second-order valence-electron chi connectivity index (χ2n) is 3.09. The van der Waals surface area contributed by atoms with E-state index in [2.05, 4.69) is 15.5 Å². The molecule has 1 aromatic heterocycles. The Morgan fingerprint density at radius 1 is 1.13 bits per heavy atom. The van der Waals surface area contributed by atoms with Crippen LogP contribution in [0.4, 0.5) is 5.82 Å².